The molecule has 0 aliphatic carbocycles. The number of carbonyl (C=O) groups excluding carboxylic acids is 1. The summed E-state index contributed by atoms with van der Waals surface area (Å²) >= 11 is 0. The standard InChI is InChI=1S/C12H19N3O/c1-3-11(13)7-12(16)15-9(2)10-5-4-6-14-8-10/h4-6,8-9,11H,3,7,13H2,1-2H3,(H,15,16)/t9-,11?/m0/s1. The van der Waals surface area contributed by atoms with Crippen molar-refractivity contribution in [2.75, 3.05) is 0 Å². The van der Waals surface area contributed by atoms with Gasteiger partial charge in [0.2, 0.25) is 5.91 Å². The summed E-state index contributed by atoms with van der Waals surface area (Å²) in [7, 11) is 0. The maximum Gasteiger partial charge on any atom is 0.222 e. The van der Waals surface area contributed by atoms with Gasteiger partial charge in [0.05, 0.1) is 6.04 Å². The van der Waals surface area contributed by atoms with Crippen molar-refractivity contribution in [3.63, 3.8) is 0 Å². The number of carbonyl (C=O) groups is 1. The molecule has 88 valence electrons. The minimum atomic E-state index is -0.0545. The zero-order valence-corrected chi connectivity index (χ0v) is 9.81. The normalized spacial score (nSPS) is 14.2. The summed E-state index contributed by atoms with van der Waals surface area (Å²) in [6.45, 7) is 3.91. The van der Waals surface area contributed by atoms with E-state index in [2.05, 4.69) is 10.3 Å². The maximum absolute atomic E-state index is 11.6. The molecule has 0 fully saturated rings. The Labute approximate surface area is 96.3 Å². The highest BCUT2D eigenvalue weighted by Gasteiger charge is 2.11. The summed E-state index contributed by atoms with van der Waals surface area (Å²) in [6.07, 6.45) is 4.66. The molecule has 0 saturated heterocycles. The molecule has 4 nitrogen and oxygen atoms in total. The van der Waals surface area contributed by atoms with Crippen LogP contribution in [0.1, 0.15) is 38.3 Å². The van der Waals surface area contributed by atoms with Crippen LogP contribution in [-0.2, 0) is 4.79 Å². The van der Waals surface area contributed by atoms with Gasteiger partial charge in [-0.25, -0.2) is 0 Å². The monoisotopic (exact) mass is 221 g/mol. The Balaban J connectivity index is 2.46. The van der Waals surface area contributed by atoms with Crippen LogP contribution in [0.4, 0.5) is 0 Å². The van der Waals surface area contributed by atoms with Crippen LogP contribution < -0.4 is 11.1 Å². The van der Waals surface area contributed by atoms with Crippen molar-refractivity contribution in [3.8, 4) is 0 Å². The molecular weight excluding hydrogens is 202 g/mol. The van der Waals surface area contributed by atoms with Gasteiger partial charge < -0.3 is 11.1 Å². The van der Waals surface area contributed by atoms with Crippen LogP contribution in [0.15, 0.2) is 24.5 Å². The molecule has 3 N–H and O–H groups in total. The van der Waals surface area contributed by atoms with Gasteiger partial charge in [-0.3, -0.25) is 9.78 Å². The highest BCUT2D eigenvalue weighted by molar-refractivity contribution is 5.77. The Morgan fingerprint density at radius 2 is 2.38 bits per heavy atom. The molecule has 0 bridgehead atoms. The van der Waals surface area contributed by atoms with Crippen LogP contribution >= 0.6 is 0 Å². The predicted octanol–water partition coefficient (Wildman–Crippen LogP) is 1.39. The van der Waals surface area contributed by atoms with Gasteiger partial charge in [-0.05, 0) is 25.0 Å². The van der Waals surface area contributed by atoms with E-state index in [-0.39, 0.29) is 18.0 Å². The molecule has 16 heavy (non-hydrogen) atoms. The maximum atomic E-state index is 11.6. The first-order chi connectivity index (χ1) is 7.63. The van der Waals surface area contributed by atoms with Gasteiger partial charge in [-0.1, -0.05) is 13.0 Å². The van der Waals surface area contributed by atoms with Crippen molar-refractivity contribution in [1.82, 2.24) is 10.3 Å². The summed E-state index contributed by atoms with van der Waals surface area (Å²) in [5.74, 6) is -0.00861. The second-order valence-electron chi connectivity index (χ2n) is 3.95. The lowest BCUT2D eigenvalue weighted by Crippen LogP contribution is -2.32. The fraction of sp³-hybridized carbons (Fsp3) is 0.500. The van der Waals surface area contributed by atoms with Gasteiger partial charge in [-0.15, -0.1) is 0 Å². The molecule has 0 saturated carbocycles. The molecule has 4 heteroatoms. The van der Waals surface area contributed by atoms with E-state index in [9.17, 15) is 4.79 Å². The number of hydrogen-bond acceptors (Lipinski definition) is 3. The van der Waals surface area contributed by atoms with E-state index < -0.39 is 0 Å². The van der Waals surface area contributed by atoms with E-state index >= 15 is 0 Å². The van der Waals surface area contributed by atoms with Gasteiger partial charge in [0.15, 0.2) is 0 Å². The van der Waals surface area contributed by atoms with E-state index in [4.69, 9.17) is 5.73 Å². The summed E-state index contributed by atoms with van der Waals surface area (Å²) in [4.78, 5) is 15.6. The van der Waals surface area contributed by atoms with Crippen molar-refractivity contribution in [3.05, 3.63) is 30.1 Å². The largest absolute Gasteiger partial charge is 0.349 e. The Hall–Kier alpha value is -1.42. The number of nitrogens with two attached hydrogens (primary N) is 1. The van der Waals surface area contributed by atoms with E-state index in [1.165, 1.54) is 0 Å². The first-order valence-corrected chi connectivity index (χ1v) is 5.58. The second kappa shape index (κ2) is 6.23. The fourth-order valence-electron chi connectivity index (χ4n) is 1.40. The molecule has 0 radical (unpaired) electrons. The van der Waals surface area contributed by atoms with E-state index in [1.807, 2.05) is 26.0 Å². The minimum Gasteiger partial charge on any atom is -0.349 e. The average molecular weight is 221 g/mol. The smallest absolute Gasteiger partial charge is 0.222 e. The first-order valence-electron chi connectivity index (χ1n) is 5.58. The molecule has 0 aliphatic rings. The second-order valence-corrected chi connectivity index (χ2v) is 3.95. The number of hydrogen-bond donors (Lipinski definition) is 2. The predicted molar refractivity (Wildman–Crippen MR) is 63.7 cm³/mol. The van der Waals surface area contributed by atoms with Crippen LogP contribution in [-0.4, -0.2) is 16.9 Å². The van der Waals surface area contributed by atoms with Crippen LogP contribution in [0.25, 0.3) is 0 Å². The lowest BCUT2D eigenvalue weighted by Gasteiger charge is -2.15. The van der Waals surface area contributed by atoms with Gasteiger partial charge in [-0.2, -0.15) is 0 Å². The topological polar surface area (TPSA) is 68.0 Å². The lowest BCUT2D eigenvalue weighted by molar-refractivity contribution is -0.122. The molecular formula is C12H19N3O. The van der Waals surface area contributed by atoms with Gasteiger partial charge >= 0.3 is 0 Å². The van der Waals surface area contributed by atoms with Crippen molar-refractivity contribution in [2.24, 2.45) is 5.73 Å². The summed E-state index contributed by atoms with van der Waals surface area (Å²) in [6, 6.07) is 3.72. The molecule has 1 rings (SSSR count). The van der Waals surface area contributed by atoms with Crippen molar-refractivity contribution >= 4 is 5.91 Å². The Morgan fingerprint density at radius 1 is 1.62 bits per heavy atom. The molecule has 0 spiro atoms. The number of nitrogens with one attached hydrogen (secondary N) is 1. The summed E-state index contributed by atoms with van der Waals surface area (Å²) in [5, 5.41) is 2.90. The molecule has 1 aromatic heterocycles. The quantitative estimate of drug-likeness (QED) is 0.789. The molecule has 1 heterocycles. The molecule has 2 atom stereocenters. The van der Waals surface area contributed by atoms with Crippen molar-refractivity contribution < 1.29 is 4.79 Å². The Morgan fingerprint density at radius 3 is 2.94 bits per heavy atom. The van der Waals surface area contributed by atoms with Gasteiger partial charge in [0.1, 0.15) is 0 Å². The van der Waals surface area contributed by atoms with Gasteiger partial charge in [0, 0.05) is 24.9 Å². The number of rotatable bonds is 5. The summed E-state index contributed by atoms with van der Waals surface area (Å²) < 4.78 is 0. The molecule has 1 aromatic rings. The highest BCUT2D eigenvalue weighted by Crippen LogP contribution is 2.10. The van der Waals surface area contributed by atoms with E-state index in [0.29, 0.717) is 6.42 Å². The first kappa shape index (κ1) is 12.6. The fourth-order valence-corrected chi connectivity index (χ4v) is 1.40. The third-order valence-electron chi connectivity index (χ3n) is 2.53. The van der Waals surface area contributed by atoms with Crippen LogP contribution in [0.2, 0.25) is 0 Å². The van der Waals surface area contributed by atoms with Crippen LogP contribution in [0.5, 0.6) is 0 Å². The average Bonchev–Trinajstić information content (AvgIpc) is 2.29. The third kappa shape index (κ3) is 3.98. The van der Waals surface area contributed by atoms with E-state index in [0.717, 1.165) is 12.0 Å². The number of pyridine rings is 1. The Bertz CT molecular complexity index is 326. The SMILES string of the molecule is CCC(N)CC(=O)N[C@@H](C)c1cccnc1. The molecule has 1 amide bonds. The number of aromatic nitrogens is 1. The third-order valence-corrected chi connectivity index (χ3v) is 2.53. The zero-order valence-electron chi connectivity index (χ0n) is 9.81. The highest BCUT2D eigenvalue weighted by atomic mass is 16.1. The van der Waals surface area contributed by atoms with Crippen molar-refractivity contribution in [1.29, 1.82) is 0 Å². The van der Waals surface area contributed by atoms with Gasteiger partial charge in [0.25, 0.3) is 0 Å². The Kier molecular flexibility index (Phi) is 4.92. The number of amides is 1. The van der Waals surface area contributed by atoms with Crippen LogP contribution in [0, 0.1) is 0 Å². The molecule has 1 unspecified atom stereocenters. The van der Waals surface area contributed by atoms with Crippen molar-refractivity contribution in [2.45, 2.75) is 38.8 Å². The lowest BCUT2D eigenvalue weighted by atomic mass is 10.1. The zero-order chi connectivity index (χ0) is 12.0. The number of nitrogens with zero attached hydrogens (tertiary/aromatic N) is 1. The summed E-state index contributed by atoms with van der Waals surface area (Å²) in [5.41, 5.74) is 6.72. The minimum absolute atomic E-state index is 0.00861. The molecule has 0 aromatic carbocycles. The van der Waals surface area contributed by atoms with Crippen LogP contribution in [0.3, 0.4) is 0 Å². The molecule has 0 aliphatic heterocycles. The van der Waals surface area contributed by atoms with E-state index in [1.54, 1.807) is 12.4 Å².